The fourth-order valence-electron chi connectivity index (χ4n) is 2.97. The van der Waals surface area contributed by atoms with E-state index in [-0.39, 0.29) is 12.4 Å². The predicted octanol–water partition coefficient (Wildman–Crippen LogP) is 0.504. The molecule has 9 nitrogen and oxygen atoms in total. The third-order valence-corrected chi connectivity index (χ3v) is 6.04. The van der Waals surface area contributed by atoms with E-state index in [1.807, 2.05) is 0 Å². The minimum absolute atomic E-state index is 0.104. The first-order chi connectivity index (χ1) is 13.5. The molecular formula is C18H20FN5O4S. The van der Waals surface area contributed by atoms with Gasteiger partial charge in [0.2, 0.25) is 10.0 Å². The molecule has 1 N–H and O–H groups in total. The summed E-state index contributed by atoms with van der Waals surface area (Å²) in [6.07, 6.45) is 0.995. The summed E-state index contributed by atoms with van der Waals surface area (Å²) in [6.45, 7) is 3.38. The fraction of sp³-hybridized carbons (Fsp3) is 0.278. The molecule has 2 heterocycles. The first-order valence-electron chi connectivity index (χ1n) is 8.60. The van der Waals surface area contributed by atoms with Crippen molar-refractivity contribution in [2.75, 3.05) is 0 Å². The van der Waals surface area contributed by atoms with E-state index in [0.29, 0.717) is 22.6 Å². The lowest BCUT2D eigenvalue weighted by Gasteiger charge is -2.10. The van der Waals surface area contributed by atoms with Crippen LogP contribution in [-0.2, 0) is 30.7 Å². The number of benzene rings is 1. The highest BCUT2D eigenvalue weighted by atomic mass is 32.2. The molecule has 29 heavy (non-hydrogen) atoms. The first-order valence-corrected chi connectivity index (χ1v) is 10.1. The van der Waals surface area contributed by atoms with E-state index in [1.54, 1.807) is 30.7 Å². The number of aromatic nitrogens is 4. The van der Waals surface area contributed by atoms with Crippen molar-refractivity contribution in [3.63, 3.8) is 0 Å². The van der Waals surface area contributed by atoms with Gasteiger partial charge in [0.1, 0.15) is 5.82 Å². The molecule has 0 saturated heterocycles. The van der Waals surface area contributed by atoms with E-state index < -0.39 is 26.2 Å². The summed E-state index contributed by atoms with van der Waals surface area (Å²) in [7, 11) is -1.60. The molecule has 2 aromatic heterocycles. The van der Waals surface area contributed by atoms with E-state index in [4.69, 9.17) is 0 Å². The van der Waals surface area contributed by atoms with Gasteiger partial charge < -0.3 is 4.57 Å². The Labute approximate surface area is 166 Å². The summed E-state index contributed by atoms with van der Waals surface area (Å²) in [6, 6.07) is 5.75. The highest BCUT2D eigenvalue weighted by Crippen LogP contribution is 2.18. The molecule has 0 aliphatic heterocycles. The van der Waals surface area contributed by atoms with Gasteiger partial charge in [-0.05, 0) is 38.1 Å². The second kappa shape index (κ2) is 7.41. The molecule has 0 fully saturated rings. The molecule has 0 aliphatic carbocycles. The smallest absolute Gasteiger partial charge is 0.302 e. The van der Waals surface area contributed by atoms with Gasteiger partial charge in [-0.3, -0.25) is 9.36 Å². The summed E-state index contributed by atoms with van der Waals surface area (Å²) < 4.78 is 44.2. The van der Waals surface area contributed by atoms with Crippen molar-refractivity contribution in [1.82, 2.24) is 23.6 Å². The zero-order valence-electron chi connectivity index (χ0n) is 16.3. The van der Waals surface area contributed by atoms with Crippen molar-refractivity contribution in [3.05, 3.63) is 74.1 Å². The Morgan fingerprint density at radius 3 is 2.34 bits per heavy atom. The highest BCUT2D eigenvalue weighted by Gasteiger charge is 2.23. The maximum absolute atomic E-state index is 13.2. The maximum Gasteiger partial charge on any atom is 0.330 e. The van der Waals surface area contributed by atoms with Crippen molar-refractivity contribution in [1.29, 1.82) is 0 Å². The Bertz CT molecular complexity index is 1300. The minimum atomic E-state index is -4.18. The van der Waals surface area contributed by atoms with Crippen LogP contribution in [0.1, 0.15) is 17.0 Å². The first kappa shape index (κ1) is 20.7. The summed E-state index contributed by atoms with van der Waals surface area (Å²) in [5, 5.41) is 4.39. The quantitative estimate of drug-likeness (QED) is 0.646. The average molecular weight is 421 g/mol. The van der Waals surface area contributed by atoms with E-state index in [1.165, 1.54) is 26.2 Å². The lowest BCUT2D eigenvalue weighted by Crippen LogP contribution is -2.41. The molecule has 154 valence electrons. The molecule has 0 aliphatic rings. The standard InChI is InChI=1S/C18H20FN5O4S/c1-11-15(12(2)24(21-11)14-7-5-13(19)6-8-14)9-20-29(27,28)16-10-22(3)18(26)23(4)17(16)25/h5-8,10,20H,9H2,1-4H3. The molecule has 0 unspecified atom stereocenters. The predicted molar refractivity (Wildman–Crippen MR) is 104 cm³/mol. The molecule has 1 aromatic carbocycles. The highest BCUT2D eigenvalue weighted by molar-refractivity contribution is 7.89. The number of sulfonamides is 1. The maximum atomic E-state index is 13.2. The monoisotopic (exact) mass is 421 g/mol. The Morgan fingerprint density at radius 2 is 1.72 bits per heavy atom. The number of hydrogen-bond acceptors (Lipinski definition) is 5. The van der Waals surface area contributed by atoms with Crippen LogP contribution in [-0.4, -0.2) is 27.3 Å². The number of hydrogen-bond donors (Lipinski definition) is 1. The van der Waals surface area contributed by atoms with Crippen molar-refractivity contribution in [2.24, 2.45) is 14.1 Å². The van der Waals surface area contributed by atoms with E-state index in [2.05, 4.69) is 9.82 Å². The van der Waals surface area contributed by atoms with Gasteiger partial charge in [-0.2, -0.15) is 5.10 Å². The van der Waals surface area contributed by atoms with Crippen LogP contribution in [0.3, 0.4) is 0 Å². The lowest BCUT2D eigenvalue weighted by atomic mass is 10.2. The molecule has 0 radical (unpaired) electrons. The summed E-state index contributed by atoms with van der Waals surface area (Å²) >= 11 is 0. The molecule has 0 saturated carbocycles. The van der Waals surface area contributed by atoms with Gasteiger partial charge in [-0.1, -0.05) is 0 Å². The van der Waals surface area contributed by atoms with E-state index >= 15 is 0 Å². The van der Waals surface area contributed by atoms with Gasteiger partial charge >= 0.3 is 5.69 Å². The van der Waals surface area contributed by atoms with Crippen LogP contribution in [0, 0.1) is 19.7 Å². The topological polar surface area (TPSA) is 108 Å². The van der Waals surface area contributed by atoms with Crippen LogP contribution < -0.4 is 16.0 Å². The summed E-state index contributed by atoms with van der Waals surface area (Å²) in [5.41, 5.74) is 0.984. The third-order valence-electron chi connectivity index (χ3n) is 4.66. The average Bonchev–Trinajstić information content (AvgIpc) is 2.95. The van der Waals surface area contributed by atoms with Crippen molar-refractivity contribution < 1.29 is 12.8 Å². The molecular weight excluding hydrogens is 401 g/mol. The van der Waals surface area contributed by atoms with Gasteiger partial charge in [-0.15, -0.1) is 0 Å². The summed E-state index contributed by atoms with van der Waals surface area (Å²) in [5.74, 6) is -0.373. The SMILES string of the molecule is Cc1nn(-c2ccc(F)cc2)c(C)c1CNS(=O)(=O)c1cn(C)c(=O)n(C)c1=O. The number of nitrogens with one attached hydrogen (secondary N) is 1. The van der Waals surface area contributed by atoms with Gasteiger partial charge in [0.25, 0.3) is 5.56 Å². The van der Waals surface area contributed by atoms with Crippen molar-refractivity contribution in [2.45, 2.75) is 25.3 Å². The summed E-state index contributed by atoms with van der Waals surface area (Å²) in [4.78, 5) is 23.5. The number of rotatable bonds is 5. The van der Waals surface area contributed by atoms with Crippen LogP contribution >= 0.6 is 0 Å². The Morgan fingerprint density at radius 1 is 1.10 bits per heavy atom. The minimum Gasteiger partial charge on any atom is -0.302 e. The largest absolute Gasteiger partial charge is 0.330 e. The molecule has 0 atom stereocenters. The van der Waals surface area contributed by atoms with Crippen LogP contribution in [0.15, 0.2) is 44.9 Å². The van der Waals surface area contributed by atoms with Gasteiger partial charge in [0.15, 0.2) is 4.90 Å². The molecule has 3 rings (SSSR count). The van der Waals surface area contributed by atoms with Crippen LogP contribution in [0.25, 0.3) is 5.69 Å². The van der Waals surface area contributed by atoms with E-state index in [9.17, 15) is 22.4 Å². The molecule has 0 bridgehead atoms. The number of aryl methyl sites for hydroxylation is 2. The Balaban J connectivity index is 1.93. The molecule has 11 heteroatoms. The lowest BCUT2D eigenvalue weighted by molar-refractivity contribution is 0.570. The second-order valence-electron chi connectivity index (χ2n) is 6.61. The Kier molecular flexibility index (Phi) is 5.28. The van der Waals surface area contributed by atoms with Gasteiger partial charge in [-0.25, -0.2) is 27.0 Å². The van der Waals surface area contributed by atoms with Gasteiger partial charge in [0, 0.05) is 38.1 Å². The van der Waals surface area contributed by atoms with Crippen LogP contribution in [0.5, 0.6) is 0 Å². The van der Waals surface area contributed by atoms with Crippen LogP contribution in [0.2, 0.25) is 0 Å². The van der Waals surface area contributed by atoms with E-state index in [0.717, 1.165) is 15.3 Å². The normalized spacial score (nSPS) is 11.8. The fourth-order valence-corrected chi connectivity index (χ4v) is 4.12. The van der Waals surface area contributed by atoms with Crippen LogP contribution in [0.4, 0.5) is 4.39 Å². The van der Waals surface area contributed by atoms with Crippen molar-refractivity contribution in [3.8, 4) is 5.69 Å². The molecule has 0 amide bonds. The second-order valence-corrected chi connectivity index (χ2v) is 8.35. The zero-order chi connectivity index (χ0) is 21.5. The van der Waals surface area contributed by atoms with Crippen molar-refractivity contribution >= 4 is 10.0 Å². The molecule has 3 aromatic rings. The number of halogens is 1. The zero-order valence-corrected chi connectivity index (χ0v) is 17.1. The Hall–Kier alpha value is -3.05. The number of nitrogens with zero attached hydrogens (tertiary/aromatic N) is 4. The van der Waals surface area contributed by atoms with Gasteiger partial charge in [0.05, 0.1) is 11.4 Å². The third kappa shape index (κ3) is 3.78. The molecule has 0 spiro atoms.